The summed E-state index contributed by atoms with van der Waals surface area (Å²) < 4.78 is 5.16. The van der Waals surface area contributed by atoms with Gasteiger partial charge in [0.1, 0.15) is 6.04 Å². The standard InChI is InChI=1S/C16H25NO2/c1-5-12(4)17-15(16(18)19-7-3)14-10-8-13(6-2)9-11-14/h8-12,15,17H,5-7H2,1-4H3. The van der Waals surface area contributed by atoms with E-state index < -0.39 is 0 Å². The van der Waals surface area contributed by atoms with Crippen molar-refractivity contribution < 1.29 is 9.53 Å². The van der Waals surface area contributed by atoms with Gasteiger partial charge in [-0.3, -0.25) is 5.32 Å². The van der Waals surface area contributed by atoms with Crippen molar-refractivity contribution in [3.05, 3.63) is 35.4 Å². The molecule has 0 aliphatic heterocycles. The fourth-order valence-corrected chi connectivity index (χ4v) is 1.87. The van der Waals surface area contributed by atoms with Gasteiger partial charge in [0.2, 0.25) is 0 Å². The van der Waals surface area contributed by atoms with Crippen LogP contribution in [0.3, 0.4) is 0 Å². The Balaban J connectivity index is 2.90. The molecule has 3 heteroatoms. The van der Waals surface area contributed by atoms with Crippen molar-refractivity contribution in [2.45, 2.75) is 52.6 Å². The zero-order valence-corrected chi connectivity index (χ0v) is 12.4. The minimum absolute atomic E-state index is 0.202. The SMILES string of the molecule is CCOC(=O)C(NC(C)CC)c1ccc(CC)cc1. The lowest BCUT2D eigenvalue weighted by Crippen LogP contribution is -2.36. The van der Waals surface area contributed by atoms with Crippen LogP contribution in [0.25, 0.3) is 0 Å². The molecule has 1 N–H and O–H groups in total. The number of hydrogen-bond donors (Lipinski definition) is 1. The molecule has 0 saturated carbocycles. The highest BCUT2D eigenvalue weighted by molar-refractivity contribution is 5.77. The number of carbonyl (C=O) groups is 1. The van der Waals surface area contributed by atoms with Crippen LogP contribution in [0.15, 0.2) is 24.3 Å². The fourth-order valence-electron chi connectivity index (χ4n) is 1.87. The average molecular weight is 263 g/mol. The number of carbonyl (C=O) groups excluding carboxylic acids is 1. The van der Waals surface area contributed by atoms with E-state index in [-0.39, 0.29) is 18.1 Å². The minimum Gasteiger partial charge on any atom is -0.465 e. The first-order chi connectivity index (χ1) is 9.12. The van der Waals surface area contributed by atoms with E-state index in [4.69, 9.17) is 4.74 Å². The van der Waals surface area contributed by atoms with E-state index in [1.54, 1.807) is 0 Å². The Labute approximate surface area is 116 Å². The van der Waals surface area contributed by atoms with Crippen LogP contribution < -0.4 is 5.32 Å². The lowest BCUT2D eigenvalue weighted by molar-refractivity contribution is -0.146. The molecule has 0 radical (unpaired) electrons. The molecule has 0 aromatic heterocycles. The second kappa shape index (κ2) is 7.95. The number of esters is 1. The molecule has 1 aromatic rings. The van der Waals surface area contributed by atoms with Crippen LogP contribution in [0.4, 0.5) is 0 Å². The van der Waals surface area contributed by atoms with E-state index in [0.717, 1.165) is 18.4 Å². The summed E-state index contributed by atoms with van der Waals surface area (Å²) in [5.74, 6) is -0.202. The number of rotatable bonds is 7. The molecule has 0 saturated heterocycles. The molecule has 0 aliphatic rings. The van der Waals surface area contributed by atoms with Crippen molar-refractivity contribution in [1.82, 2.24) is 5.32 Å². The van der Waals surface area contributed by atoms with E-state index in [9.17, 15) is 4.79 Å². The predicted octanol–water partition coefficient (Wildman–Crippen LogP) is 3.24. The molecule has 0 bridgehead atoms. The Morgan fingerprint density at radius 3 is 2.32 bits per heavy atom. The van der Waals surface area contributed by atoms with Crippen LogP contribution in [-0.4, -0.2) is 18.6 Å². The molecular weight excluding hydrogens is 238 g/mol. The quantitative estimate of drug-likeness (QED) is 0.767. The number of aryl methyl sites for hydroxylation is 1. The lowest BCUT2D eigenvalue weighted by Gasteiger charge is -2.21. The van der Waals surface area contributed by atoms with Gasteiger partial charge < -0.3 is 4.74 Å². The molecule has 19 heavy (non-hydrogen) atoms. The predicted molar refractivity (Wildman–Crippen MR) is 78.1 cm³/mol. The molecule has 0 amide bonds. The first kappa shape index (κ1) is 15.7. The zero-order valence-electron chi connectivity index (χ0n) is 12.4. The van der Waals surface area contributed by atoms with Crippen molar-refractivity contribution in [1.29, 1.82) is 0 Å². The second-order valence-corrected chi connectivity index (χ2v) is 4.76. The highest BCUT2D eigenvalue weighted by Gasteiger charge is 2.22. The highest BCUT2D eigenvalue weighted by Crippen LogP contribution is 2.17. The normalized spacial score (nSPS) is 13.9. The topological polar surface area (TPSA) is 38.3 Å². The number of nitrogens with one attached hydrogen (secondary N) is 1. The van der Waals surface area contributed by atoms with Gasteiger partial charge in [0.05, 0.1) is 6.61 Å². The van der Waals surface area contributed by atoms with Crippen LogP contribution in [0.2, 0.25) is 0 Å². The Morgan fingerprint density at radius 2 is 1.84 bits per heavy atom. The molecule has 3 nitrogen and oxygen atoms in total. The summed E-state index contributed by atoms with van der Waals surface area (Å²) in [6.45, 7) is 8.53. The maximum absolute atomic E-state index is 12.1. The van der Waals surface area contributed by atoms with Gasteiger partial charge in [-0.25, -0.2) is 4.79 Å². The van der Waals surface area contributed by atoms with E-state index in [0.29, 0.717) is 6.61 Å². The molecule has 1 aromatic carbocycles. The molecule has 106 valence electrons. The maximum Gasteiger partial charge on any atom is 0.327 e. The van der Waals surface area contributed by atoms with Crippen molar-refractivity contribution >= 4 is 5.97 Å². The molecule has 2 unspecified atom stereocenters. The van der Waals surface area contributed by atoms with E-state index in [1.807, 2.05) is 19.1 Å². The summed E-state index contributed by atoms with van der Waals surface area (Å²) >= 11 is 0. The zero-order chi connectivity index (χ0) is 14.3. The Hall–Kier alpha value is -1.35. The second-order valence-electron chi connectivity index (χ2n) is 4.76. The van der Waals surface area contributed by atoms with Crippen LogP contribution in [0.1, 0.15) is 51.3 Å². The van der Waals surface area contributed by atoms with Crippen LogP contribution in [0.5, 0.6) is 0 Å². The summed E-state index contributed by atoms with van der Waals surface area (Å²) in [5.41, 5.74) is 2.24. The van der Waals surface area contributed by atoms with E-state index in [2.05, 4.69) is 38.2 Å². The molecule has 2 atom stereocenters. The van der Waals surface area contributed by atoms with Gasteiger partial charge in [0.25, 0.3) is 0 Å². The van der Waals surface area contributed by atoms with Gasteiger partial charge in [0.15, 0.2) is 0 Å². The average Bonchev–Trinajstić information content (AvgIpc) is 2.44. The Bertz CT molecular complexity index is 386. The maximum atomic E-state index is 12.1. The van der Waals surface area contributed by atoms with Crippen LogP contribution in [0, 0.1) is 0 Å². The van der Waals surface area contributed by atoms with Crippen LogP contribution >= 0.6 is 0 Å². The fraction of sp³-hybridized carbons (Fsp3) is 0.562. The van der Waals surface area contributed by atoms with Gasteiger partial charge in [0, 0.05) is 6.04 Å². The first-order valence-corrected chi connectivity index (χ1v) is 7.13. The van der Waals surface area contributed by atoms with Crippen LogP contribution in [-0.2, 0) is 16.0 Å². The molecule has 0 fully saturated rings. The molecule has 0 aliphatic carbocycles. The van der Waals surface area contributed by atoms with Crippen molar-refractivity contribution in [3.63, 3.8) is 0 Å². The Kier molecular flexibility index (Phi) is 6.57. The number of ether oxygens (including phenoxy) is 1. The monoisotopic (exact) mass is 263 g/mol. The summed E-state index contributed by atoms with van der Waals surface area (Å²) in [7, 11) is 0. The van der Waals surface area contributed by atoms with E-state index >= 15 is 0 Å². The van der Waals surface area contributed by atoms with Gasteiger partial charge in [-0.15, -0.1) is 0 Å². The lowest BCUT2D eigenvalue weighted by atomic mass is 10.0. The number of benzene rings is 1. The van der Waals surface area contributed by atoms with Gasteiger partial charge in [-0.1, -0.05) is 38.1 Å². The van der Waals surface area contributed by atoms with Gasteiger partial charge >= 0.3 is 5.97 Å². The molecule has 1 rings (SSSR count). The largest absolute Gasteiger partial charge is 0.465 e. The minimum atomic E-state index is -0.374. The third-order valence-electron chi connectivity index (χ3n) is 3.31. The third-order valence-corrected chi connectivity index (χ3v) is 3.31. The van der Waals surface area contributed by atoms with E-state index in [1.165, 1.54) is 5.56 Å². The highest BCUT2D eigenvalue weighted by atomic mass is 16.5. The van der Waals surface area contributed by atoms with Crippen molar-refractivity contribution in [2.75, 3.05) is 6.61 Å². The van der Waals surface area contributed by atoms with Gasteiger partial charge in [-0.2, -0.15) is 0 Å². The summed E-state index contributed by atoms with van der Waals surface area (Å²) in [5, 5.41) is 3.33. The molecular formula is C16H25NO2. The van der Waals surface area contributed by atoms with Crippen molar-refractivity contribution in [2.24, 2.45) is 0 Å². The molecule has 0 spiro atoms. The van der Waals surface area contributed by atoms with Gasteiger partial charge in [-0.05, 0) is 37.8 Å². The first-order valence-electron chi connectivity index (χ1n) is 7.13. The smallest absolute Gasteiger partial charge is 0.327 e. The molecule has 0 heterocycles. The summed E-state index contributed by atoms with van der Waals surface area (Å²) in [4.78, 5) is 12.1. The summed E-state index contributed by atoms with van der Waals surface area (Å²) in [6.07, 6.45) is 1.98. The summed E-state index contributed by atoms with van der Waals surface area (Å²) in [6, 6.07) is 8.06. The number of hydrogen-bond acceptors (Lipinski definition) is 3. The van der Waals surface area contributed by atoms with Crippen molar-refractivity contribution in [3.8, 4) is 0 Å². The Morgan fingerprint density at radius 1 is 1.21 bits per heavy atom. The third kappa shape index (κ3) is 4.67.